The van der Waals surface area contributed by atoms with Gasteiger partial charge in [-0.25, -0.2) is 4.98 Å². The van der Waals surface area contributed by atoms with Crippen molar-refractivity contribution in [1.82, 2.24) is 19.7 Å². The Morgan fingerprint density at radius 1 is 1.42 bits per heavy atom. The van der Waals surface area contributed by atoms with Crippen molar-refractivity contribution in [3.05, 3.63) is 30.4 Å². The van der Waals surface area contributed by atoms with Crippen LogP contribution in [-0.2, 0) is 13.5 Å². The third kappa shape index (κ3) is 2.35. The largest absolute Gasteiger partial charge is 0.423 e. The first kappa shape index (κ1) is 11.5. The molecule has 0 aliphatic rings. The van der Waals surface area contributed by atoms with Crippen LogP contribution >= 0.6 is 0 Å². The van der Waals surface area contributed by atoms with Crippen LogP contribution in [0, 0.1) is 0 Å². The number of para-hydroxylation sites is 1. The van der Waals surface area contributed by atoms with Crippen molar-refractivity contribution in [1.29, 1.82) is 0 Å². The Morgan fingerprint density at radius 3 is 3.05 bits per heavy atom. The number of nitrogen functional groups attached to an aromatic ring is 1. The molecule has 0 aliphatic carbocycles. The van der Waals surface area contributed by atoms with Crippen molar-refractivity contribution in [2.75, 3.05) is 17.6 Å². The maximum Gasteiger partial charge on any atom is 0.295 e. The molecule has 3 N–H and O–H groups in total. The fourth-order valence-corrected chi connectivity index (χ4v) is 1.83. The molecule has 3 rings (SSSR count). The lowest BCUT2D eigenvalue weighted by molar-refractivity contribution is 0.613. The third-order valence-corrected chi connectivity index (χ3v) is 2.72. The predicted molar refractivity (Wildman–Crippen MR) is 71.6 cm³/mol. The molecule has 19 heavy (non-hydrogen) atoms. The van der Waals surface area contributed by atoms with Crippen LogP contribution in [0.3, 0.4) is 0 Å². The fourth-order valence-electron chi connectivity index (χ4n) is 1.83. The Bertz CT molecular complexity index is 701. The number of aromatic nitrogens is 4. The molecule has 2 heterocycles. The average molecular weight is 258 g/mol. The summed E-state index contributed by atoms with van der Waals surface area (Å²) in [7, 11) is 1.84. The Hall–Kier alpha value is -2.57. The van der Waals surface area contributed by atoms with Crippen LogP contribution in [0.15, 0.2) is 28.9 Å². The number of hydrogen-bond donors (Lipinski definition) is 2. The maximum atomic E-state index is 5.82. The maximum absolute atomic E-state index is 5.82. The highest BCUT2D eigenvalue weighted by molar-refractivity contribution is 5.86. The molecule has 2 aromatic heterocycles. The number of fused-ring (bicyclic) bond motifs is 1. The van der Waals surface area contributed by atoms with E-state index >= 15 is 0 Å². The highest BCUT2D eigenvalue weighted by Gasteiger charge is 2.07. The summed E-state index contributed by atoms with van der Waals surface area (Å²) < 4.78 is 7.22. The average Bonchev–Trinajstić information content (AvgIpc) is 2.97. The van der Waals surface area contributed by atoms with Crippen molar-refractivity contribution in [3.63, 3.8) is 0 Å². The molecule has 0 amide bonds. The van der Waals surface area contributed by atoms with Gasteiger partial charge in [-0.3, -0.25) is 4.68 Å². The Labute approximate surface area is 109 Å². The standard InChI is InChI=1S/C12H14N6O/c1-18-7-15-10(17-18)5-6-14-12-16-11-8(13)3-2-4-9(11)19-12/h2-4,7H,5-6,13H2,1H3,(H,14,16). The van der Waals surface area contributed by atoms with Gasteiger partial charge >= 0.3 is 0 Å². The highest BCUT2D eigenvalue weighted by atomic mass is 16.4. The number of aryl methyl sites for hydroxylation is 1. The monoisotopic (exact) mass is 258 g/mol. The molecule has 0 spiro atoms. The van der Waals surface area contributed by atoms with Gasteiger partial charge in [-0.05, 0) is 12.1 Å². The number of nitrogens with two attached hydrogens (primary N) is 1. The molecule has 0 saturated carbocycles. The summed E-state index contributed by atoms with van der Waals surface area (Å²) >= 11 is 0. The third-order valence-electron chi connectivity index (χ3n) is 2.72. The molecule has 0 atom stereocenters. The van der Waals surface area contributed by atoms with E-state index in [4.69, 9.17) is 10.2 Å². The zero-order chi connectivity index (χ0) is 13.2. The molecule has 0 unspecified atom stereocenters. The summed E-state index contributed by atoms with van der Waals surface area (Å²) in [5.41, 5.74) is 7.79. The minimum absolute atomic E-state index is 0.462. The lowest BCUT2D eigenvalue weighted by atomic mass is 10.3. The van der Waals surface area contributed by atoms with Gasteiger partial charge in [-0.2, -0.15) is 10.1 Å². The summed E-state index contributed by atoms with van der Waals surface area (Å²) in [6.45, 7) is 0.650. The van der Waals surface area contributed by atoms with Crippen molar-refractivity contribution in [2.24, 2.45) is 7.05 Å². The second kappa shape index (κ2) is 4.60. The van der Waals surface area contributed by atoms with Crippen molar-refractivity contribution >= 4 is 22.8 Å². The van der Waals surface area contributed by atoms with Gasteiger partial charge in [0.15, 0.2) is 11.4 Å². The van der Waals surface area contributed by atoms with E-state index in [9.17, 15) is 0 Å². The number of hydrogen-bond acceptors (Lipinski definition) is 6. The SMILES string of the molecule is Cn1cnc(CCNc2nc3c(N)cccc3o2)n1. The molecule has 7 heteroatoms. The quantitative estimate of drug-likeness (QED) is 0.683. The lowest BCUT2D eigenvalue weighted by Gasteiger charge is -1.97. The van der Waals surface area contributed by atoms with E-state index in [1.807, 2.05) is 19.2 Å². The summed E-state index contributed by atoms with van der Waals surface area (Å²) in [5.74, 6) is 0.783. The Morgan fingerprint density at radius 2 is 2.32 bits per heavy atom. The number of benzene rings is 1. The van der Waals surface area contributed by atoms with Crippen LogP contribution in [0.2, 0.25) is 0 Å². The summed E-state index contributed by atoms with van der Waals surface area (Å²) in [6.07, 6.45) is 2.38. The smallest absolute Gasteiger partial charge is 0.295 e. The van der Waals surface area contributed by atoms with E-state index in [0.29, 0.717) is 35.8 Å². The molecule has 0 saturated heterocycles. The number of oxazole rings is 1. The number of anilines is 2. The number of nitrogens with one attached hydrogen (secondary N) is 1. The van der Waals surface area contributed by atoms with Gasteiger partial charge in [-0.1, -0.05) is 6.07 Å². The number of nitrogens with zero attached hydrogens (tertiary/aromatic N) is 4. The lowest BCUT2D eigenvalue weighted by Crippen LogP contribution is -2.06. The van der Waals surface area contributed by atoms with Crippen LogP contribution in [0.25, 0.3) is 11.1 Å². The molecular weight excluding hydrogens is 244 g/mol. The molecule has 0 fully saturated rings. The summed E-state index contributed by atoms with van der Waals surface area (Å²) in [5, 5.41) is 7.29. The minimum Gasteiger partial charge on any atom is -0.423 e. The van der Waals surface area contributed by atoms with Crippen LogP contribution in [-0.4, -0.2) is 26.3 Å². The molecule has 0 bridgehead atoms. The van der Waals surface area contributed by atoms with E-state index in [1.165, 1.54) is 0 Å². The highest BCUT2D eigenvalue weighted by Crippen LogP contribution is 2.23. The zero-order valence-electron chi connectivity index (χ0n) is 10.5. The molecule has 0 radical (unpaired) electrons. The zero-order valence-corrected chi connectivity index (χ0v) is 10.5. The van der Waals surface area contributed by atoms with E-state index < -0.39 is 0 Å². The van der Waals surface area contributed by atoms with Gasteiger partial charge in [0.1, 0.15) is 11.8 Å². The molecule has 1 aromatic carbocycles. The molecule has 3 aromatic rings. The van der Waals surface area contributed by atoms with Crippen LogP contribution < -0.4 is 11.1 Å². The van der Waals surface area contributed by atoms with Crippen molar-refractivity contribution in [3.8, 4) is 0 Å². The Balaban J connectivity index is 1.67. The van der Waals surface area contributed by atoms with Crippen LogP contribution in [0.4, 0.5) is 11.7 Å². The first-order valence-electron chi connectivity index (χ1n) is 5.96. The van der Waals surface area contributed by atoms with Crippen LogP contribution in [0.5, 0.6) is 0 Å². The molecule has 98 valence electrons. The van der Waals surface area contributed by atoms with Crippen LogP contribution in [0.1, 0.15) is 5.82 Å². The van der Waals surface area contributed by atoms with E-state index in [0.717, 1.165) is 5.82 Å². The van der Waals surface area contributed by atoms with Gasteiger partial charge < -0.3 is 15.5 Å². The fraction of sp³-hybridized carbons (Fsp3) is 0.250. The first-order chi connectivity index (χ1) is 9.22. The van der Waals surface area contributed by atoms with E-state index in [1.54, 1.807) is 17.1 Å². The Kier molecular flexibility index (Phi) is 2.79. The minimum atomic E-state index is 0.462. The second-order valence-electron chi connectivity index (χ2n) is 4.22. The van der Waals surface area contributed by atoms with Gasteiger partial charge in [-0.15, -0.1) is 0 Å². The molecule has 7 nitrogen and oxygen atoms in total. The van der Waals surface area contributed by atoms with Crippen molar-refractivity contribution < 1.29 is 4.42 Å². The van der Waals surface area contributed by atoms with E-state index in [2.05, 4.69) is 20.4 Å². The van der Waals surface area contributed by atoms with Gasteiger partial charge in [0.05, 0.1) is 5.69 Å². The molecular formula is C12H14N6O. The predicted octanol–water partition coefficient (Wildman–Crippen LogP) is 1.19. The van der Waals surface area contributed by atoms with E-state index in [-0.39, 0.29) is 0 Å². The topological polar surface area (TPSA) is 94.8 Å². The van der Waals surface area contributed by atoms with Gasteiger partial charge in [0.2, 0.25) is 0 Å². The summed E-state index contributed by atoms with van der Waals surface area (Å²) in [6, 6.07) is 5.94. The van der Waals surface area contributed by atoms with Gasteiger partial charge in [0.25, 0.3) is 6.01 Å². The normalized spacial score (nSPS) is 11.0. The second-order valence-corrected chi connectivity index (χ2v) is 4.22. The van der Waals surface area contributed by atoms with Crippen molar-refractivity contribution in [2.45, 2.75) is 6.42 Å². The summed E-state index contributed by atoms with van der Waals surface area (Å²) in [4.78, 5) is 8.44. The molecule has 0 aliphatic heterocycles. The first-order valence-corrected chi connectivity index (χ1v) is 5.96. The van der Waals surface area contributed by atoms with Gasteiger partial charge in [0, 0.05) is 20.0 Å². The number of rotatable bonds is 4.